The van der Waals surface area contributed by atoms with Crippen molar-refractivity contribution < 1.29 is 22.7 Å². The maximum absolute atomic E-state index is 13.2. The van der Waals surface area contributed by atoms with Crippen LogP contribution in [-0.2, 0) is 10.0 Å². The van der Waals surface area contributed by atoms with Gasteiger partial charge in [-0.15, -0.1) is 0 Å². The van der Waals surface area contributed by atoms with Gasteiger partial charge in [-0.1, -0.05) is 0 Å². The van der Waals surface area contributed by atoms with E-state index < -0.39 is 32.8 Å². The van der Waals surface area contributed by atoms with Crippen LogP contribution >= 0.6 is 0 Å². The Morgan fingerprint density at radius 2 is 2.10 bits per heavy atom. The summed E-state index contributed by atoms with van der Waals surface area (Å²) >= 11 is 0. The van der Waals surface area contributed by atoms with Gasteiger partial charge < -0.3 is 5.11 Å². The van der Waals surface area contributed by atoms with Gasteiger partial charge in [0.05, 0.1) is 21.9 Å². The normalized spacial score (nSPS) is 11.9. The largest absolute Gasteiger partial charge is 0.478 e. The van der Waals surface area contributed by atoms with Crippen molar-refractivity contribution in [2.75, 3.05) is 6.54 Å². The zero-order valence-electron chi connectivity index (χ0n) is 10.8. The Bertz CT molecular complexity index is 677. The predicted molar refractivity (Wildman–Crippen MR) is 67.9 cm³/mol. The van der Waals surface area contributed by atoms with Crippen molar-refractivity contribution in [3.05, 3.63) is 29.6 Å². The van der Waals surface area contributed by atoms with Crippen LogP contribution in [0.2, 0.25) is 0 Å². The monoisotopic (exact) mass is 300 g/mol. The molecular formula is C12H13FN2O4S. The first kappa shape index (κ1) is 16.1. The summed E-state index contributed by atoms with van der Waals surface area (Å²) in [7, 11) is -4.01. The molecule has 0 aliphatic rings. The maximum atomic E-state index is 13.2. The first-order valence-corrected chi connectivity index (χ1v) is 7.01. The fraction of sp³-hybridized carbons (Fsp3) is 0.333. The summed E-state index contributed by atoms with van der Waals surface area (Å²) in [6, 6.07) is 4.39. The number of halogens is 1. The Labute approximate surface area is 115 Å². The Morgan fingerprint density at radius 3 is 2.60 bits per heavy atom. The van der Waals surface area contributed by atoms with Gasteiger partial charge in [-0.05, 0) is 32.0 Å². The van der Waals surface area contributed by atoms with E-state index in [2.05, 4.69) is 4.72 Å². The van der Waals surface area contributed by atoms with E-state index in [1.165, 1.54) is 0 Å². The first-order valence-electron chi connectivity index (χ1n) is 5.53. The van der Waals surface area contributed by atoms with Gasteiger partial charge >= 0.3 is 5.97 Å². The van der Waals surface area contributed by atoms with Crippen molar-refractivity contribution >= 4 is 16.0 Å². The molecule has 1 aromatic rings. The lowest BCUT2D eigenvalue weighted by Crippen LogP contribution is -2.33. The van der Waals surface area contributed by atoms with E-state index in [1.54, 1.807) is 13.8 Å². The summed E-state index contributed by atoms with van der Waals surface area (Å²) in [6.07, 6.45) is 0. The molecule has 0 unspecified atom stereocenters. The molecule has 8 heteroatoms. The molecule has 6 nitrogen and oxygen atoms in total. The van der Waals surface area contributed by atoms with E-state index in [0.29, 0.717) is 0 Å². The van der Waals surface area contributed by atoms with Crippen molar-refractivity contribution in [2.24, 2.45) is 5.41 Å². The number of carbonyl (C=O) groups is 1. The topological polar surface area (TPSA) is 107 Å². The number of benzene rings is 1. The number of hydrogen-bond acceptors (Lipinski definition) is 4. The highest BCUT2D eigenvalue weighted by atomic mass is 32.2. The third kappa shape index (κ3) is 3.76. The van der Waals surface area contributed by atoms with Gasteiger partial charge in [0.25, 0.3) is 0 Å². The quantitative estimate of drug-likeness (QED) is 0.853. The van der Waals surface area contributed by atoms with Gasteiger partial charge in [-0.3, -0.25) is 0 Å². The number of rotatable bonds is 5. The molecule has 0 heterocycles. The molecule has 2 N–H and O–H groups in total. The molecule has 108 valence electrons. The Balaban J connectivity index is 3.09. The van der Waals surface area contributed by atoms with Gasteiger partial charge in [0.15, 0.2) is 0 Å². The molecule has 20 heavy (non-hydrogen) atoms. The second kappa shape index (κ2) is 5.56. The minimum Gasteiger partial charge on any atom is -0.478 e. The standard InChI is InChI=1S/C12H13FN2O4S/c1-12(2,6-14)7-15-20(18,19)8-3-4-10(13)9(5-8)11(16)17/h3-5,15H,7H2,1-2H3,(H,16,17). The highest BCUT2D eigenvalue weighted by Crippen LogP contribution is 2.17. The zero-order chi connectivity index (χ0) is 15.6. The first-order chi connectivity index (χ1) is 9.09. The van der Waals surface area contributed by atoms with E-state index in [1.807, 2.05) is 6.07 Å². The Morgan fingerprint density at radius 1 is 1.50 bits per heavy atom. The third-order valence-electron chi connectivity index (χ3n) is 2.49. The van der Waals surface area contributed by atoms with Crippen LogP contribution in [0.4, 0.5) is 4.39 Å². The van der Waals surface area contributed by atoms with Crippen molar-refractivity contribution in [3.63, 3.8) is 0 Å². The highest BCUT2D eigenvalue weighted by molar-refractivity contribution is 7.89. The van der Waals surface area contributed by atoms with Crippen molar-refractivity contribution in [1.29, 1.82) is 5.26 Å². The van der Waals surface area contributed by atoms with Crippen LogP contribution in [0.15, 0.2) is 23.1 Å². The highest BCUT2D eigenvalue weighted by Gasteiger charge is 2.23. The molecule has 1 rings (SSSR count). The zero-order valence-corrected chi connectivity index (χ0v) is 11.7. The number of carboxylic acid groups (broad SMARTS) is 1. The van der Waals surface area contributed by atoms with E-state index in [-0.39, 0.29) is 11.4 Å². The van der Waals surface area contributed by atoms with Crippen LogP contribution in [0.25, 0.3) is 0 Å². The summed E-state index contributed by atoms with van der Waals surface area (Å²) in [5.74, 6) is -2.58. The van der Waals surface area contributed by atoms with E-state index in [9.17, 15) is 17.6 Å². The van der Waals surface area contributed by atoms with Crippen LogP contribution in [0.3, 0.4) is 0 Å². The Hall–Kier alpha value is -1.98. The van der Waals surface area contributed by atoms with Crippen LogP contribution in [-0.4, -0.2) is 26.0 Å². The maximum Gasteiger partial charge on any atom is 0.338 e. The minimum absolute atomic E-state index is 0.147. The molecule has 0 atom stereocenters. The van der Waals surface area contributed by atoms with Gasteiger partial charge in [-0.25, -0.2) is 22.3 Å². The molecule has 0 saturated carbocycles. The molecule has 0 spiro atoms. The second-order valence-electron chi connectivity index (χ2n) is 4.77. The fourth-order valence-electron chi connectivity index (χ4n) is 1.23. The lowest BCUT2D eigenvalue weighted by atomic mass is 9.97. The summed E-state index contributed by atoms with van der Waals surface area (Å²) < 4.78 is 39.3. The third-order valence-corrected chi connectivity index (χ3v) is 3.88. The summed E-state index contributed by atoms with van der Waals surface area (Å²) in [5.41, 5.74) is -1.64. The minimum atomic E-state index is -4.01. The van der Waals surface area contributed by atoms with Crippen LogP contribution < -0.4 is 4.72 Å². The smallest absolute Gasteiger partial charge is 0.338 e. The number of nitriles is 1. The number of sulfonamides is 1. The number of nitrogens with zero attached hydrogens (tertiary/aromatic N) is 1. The number of hydrogen-bond donors (Lipinski definition) is 2. The molecule has 0 fully saturated rings. The van der Waals surface area contributed by atoms with E-state index in [4.69, 9.17) is 10.4 Å². The lowest BCUT2D eigenvalue weighted by molar-refractivity contribution is 0.0691. The molecule has 1 aromatic carbocycles. The molecule has 0 amide bonds. The summed E-state index contributed by atoms with van der Waals surface area (Å²) in [5, 5.41) is 17.6. The van der Waals surface area contributed by atoms with Gasteiger partial charge in [0.2, 0.25) is 10.0 Å². The van der Waals surface area contributed by atoms with Crippen LogP contribution in [0.1, 0.15) is 24.2 Å². The van der Waals surface area contributed by atoms with Gasteiger partial charge in [-0.2, -0.15) is 5.26 Å². The van der Waals surface area contributed by atoms with Crippen LogP contribution in [0.5, 0.6) is 0 Å². The van der Waals surface area contributed by atoms with E-state index >= 15 is 0 Å². The molecule has 0 aliphatic carbocycles. The molecule has 0 aromatic heterocycles. The number of nitrogens with one attached hydrogen (secondary N) is 1. The lowest BCUT2D eigenvalue weighted by Gasteiger charge is -2.16. The fourth-order valence-corrected chi connectivity index (χ4v) is 2.47. The van der Waals surface area contributed by atoms with E-state index in [0.717, 1.165) is 18.2 Å². The molecule has 0 bridgehead atoms. The van der Waals surface area contributed by atoms with Crippen molar-refractivity contribution in [1.82, 2.24) is 4.72 Å². The molecule has 0 saturated heterocycles. The molecular weight excluding hydrogens is 287 g/mol. The average molecular weight is 300 g/mol. The summed E-state index contributed by atoms with van der Waals surface area (Å²) in [4.78, 5) is 10.4. The SMILES string of the molecule is CC(C)(C#N)CNS(=O)(=O)c1ccc(F)c(C(=O)O)c1. The molecule has 0 radical (unpaired) electrons. The average Bonchev–Trinajstić information content (AvgIpc) is 2.36. The van der Waals surface area contributed by atoms with Crippen LogP contribution in [0, 0.1) is 22.6 Å². The predicted octanol–water partition coefficient (Wildman–Crippen LogP) is 1.35. The number of aromatic carboxylic acids is 1. The van der Waals surface area contributed by atoms with Crippen molar-refractivity contribution in [2.45, 2.75) is 18.7 Å². The Kier molecular flexibility index (Phi) is 4.47. The number of carboxylic acids is 1. The molecule has 0 aliphatic heterocycles. The second-order valence-corrected chi connectivity index (χ2v) is 6.53. The summed E-state index contributed by atoms with van der Waals surface area (Å²) in [6.45, 7) is 2.94. The van der Waals surface area contributed by atoms with Crippen molar-refractivity contribution in [3.8, 4) is 6.07 Å². The van der Waals surface area contributed by atoms with Gasteiger partial charge in [0, 0.05) is 6.54 Å². The van der Waals surface area contributed by atoms with Gasteiger partial charge in [0.1, 0.15) is 5.82 Å².